The maximum Gasteiger partial charge on any atom is 0.310 e. The minimum Gasteiger partial charge on any atom is -0.192 e. The van der Waals surface area contributed by atoms with Gasteiger partial charge in [-0.05, 0) is 18.8 Å². The predicted molar refractivity (Wildman–Crippen MR) is 54.5 cm³/mol. The Morgan fingerprint density at radius 2 is 2.00 bits per heavy atom. The summed E-state index contributed by atoms with van der Waals surface area (Å²) < 4.78 is 27.1. The second kappa shape index (κ2) is 3.92. The molecule has 14 heavy (non-hydrogen) atoms. The van der Waals surface area contributed by atoms with E-state index in [0.29, 0.717) is 12.8 Å². The van der Waals surface area contributed by atoms with E-state index in [4.69, 9.17) is 7.85 Å². The van der Waals surface area contributed by atoms with Crippen molar-refractivity contribution >= 4 is 7.85 Å². The van der Waals surface area contributed by atoms with Crippen LogP contribution in [0.5, 0.6) is 0 Å². The van der Waals surface area contributed by atoms with E-state index in [2.05, 4.69) is 11.8 Å². The molecule has 0 nitrogen and oxygen atoms in total. The highest BCUT2D eigenvalue weighted by molar-refractivity contribution is 6.14. The van der Waals surface area contributed by atoms with Gasteiger partial charge in [0.25, 0.3) is 0 Å². The van der Waals surface area contributed by atoms with Crippen LogP contribution in [0.1, 0.15) is 39.5 Å². The van der Waals surface area contributed by atoms with Crippen LogP contribution in [0.15, 0.2) is 0 Å². The minimum absolute atomic E-state index is 0.463. The molecule has 1 aliphatic carbocycles. The summed E-state index contributed by atoms with van der Waals surface area (Å²) in [4.78, 5) is 0. The molecule has 0 fully saturated rings. The molecule has 0 N–H and O–H groups in total. The SMILES string of the molecule is [B]C(C)(C)C1CCCCC#CC1(F)F. The van der Waals surface area contributed by atoms with Gasteiger partial charge in [0, 0.05) is 12.3 Å². The Morgan fingerprint density at radius 1 is 1.36 bits per heavy atom. The van der Waals surface area contributed by atoms with Crippen molar-refractivity contribution in [2.45, 2.75) is 50.8 Å². The predicted octanol–water partition coefficient (Wildman–Crippen LogP) is 3.18. The van der Waals surface area contributed by atoms with Crippen LogP contribution in [-0.4, -0.2) is 13.8 Å². The molecule has 1 aliphatic rings. The second-order valence-corrected chi connectivity index (χ2v) is 4.54. The Labute approximate surface area is 85.9 Å². The van der Waals surface area contributed by atoms with Crippen LogP contribution >= 0.6 is 0 Å². The van der Waals surface area contributed by atoms with Crippen LogP contribution in [0.25, 0.3) is 0 Å². The van der Waals surface area contributed by atoms with Crippen molar-refractivity contribution in [3.8, 4) is 11.8 Å². The summed E-state index contributed by atoms with van der Waals surface area (Å²) in [5.74, 6) is 0.816. The van der Waals surface area contributed by atoms with Gasteiger partial charge in [-0.2, -0.15) is 8.78 Å². The van der Waals surface area contributed by atoms with Crippen LogP contribution < -0.4 is 0 Å². The minimum atomic E-state index is -2.93. The monoisotopic (exact) mass is 196 g/mol. The molecule has 0 amide bonds. The Morgan fingerprint density at radius 3 is 2.57 bits per heavy atom. The molecule has 76 valence electrons. The average Bonchev–Trinajstić information content (AvgIpc) is 1.95. The summed E-state index contributed by atoms with van der Waals surface area (Å²) in [6.45, 7) is 3.30. The van der Waals surface area contributed by atoms with Gasteiger partial charge < -0.3 is 0 Å². The molecule has 3 heteroatoms. The Balaban J connectivity index is 2.92. The molecule has 0 bridgehead atoms. The van der Waals surface area contributed by atoms with Crippen molar-refractivity contribution in [2.24, 2.45) is 5.92 Å². The first kappa shape index (κ1) is 11.6. The zero-order chi connectivity index (χ0) is 10.8. The molecular formula is C11H15BF2. The van der Waals surface area contributed by atoms with E-state index in [-0.39, 0.29) is 0 Å². The fourth-order valence-corrected chi connectivity index (χ4v) is 1.85. The third-order valence-corrected chi connectivity index (χ3v) is 2.64. The van der Waals surface area contributed by atoms with Gasteiger partial charge in [0.15, 0.2) is 0 Å². The maximum absolute atomic E-state index is 13.6. The molecule has 0 aromatic heterocycles. The Bertz CT molecular complexity index is 255. The summed E-state index contributed by atoms with van der Waals surface area (Å²) in [6.07, 6.45) is 2.73. The van der Waals surface area contributed by atoms with Crippen molar-refractivity contribution < 1.29 is 8.78 Å². The Kier molecular flexibility index (Phi) is 3.24. The van der Waals surface area contributed by atoms with Crippen molar-refractivity contribution in [3.05, 3.63) is 0 Å². The van der Waals surface area contributed by atoms with Crippen LogP contribution in [0.3, 0.4) is 0 Å². The van der Waals surface area contributed by atoms with E-state index in [1.165, 1.54) is 0 Å². The topological polar surface area (TPSA) is 0 Å². The number of alkyl halides is 2. The fourth-order valence-electron chi connectivity index (χ4n) is 1.85. The molecule has 0 spiro atoms. The molecule has 1 rings (SSSR count). The highest BCUT2D eigenvalue weighted by atomic mass is 19.3. The first-order chi connectivity index (χ1) is 6.34. The van der Waals surface area contributed by atoms with Gasteiger partial charge in [0.1, 0.15) is 0 Å². The summed E-state index contributed by atoms with van der Waals surface area (Å²) in [5.41, 5.74) is 0. The number of hydrogen-bond acceptors (Lipinski definition) is 0. The van der Waals surface area contributed by atoms with Crippen molar-refractivity contribution in [2.75, 3.05) is 0 Å². The van der Waals surface area contributed by atoms with E-state index in [1.807, 2.05) is 0 Å². The second-order valence-electron chi connectivity index (χ2n) is 4.54. The van der Waals surface area contributed by atoms with Gasteiger partial charge in [-0.15, -0.1) is 0 Å². The normalized spacial score (nSPS) is 27.0. The standard InChI is InChI=1S/C11H15BF2/c1-10(2,12)9-7-5-3-4-6-8-11(9,13)14/h9H,3-5,7H2,1-2H3. The summed E-state index contributed by atoms with van der Waals surface area (Å²) in [7, 11) is 5.76. The zero-order valence-corrected chi connectivity index (χ0v) is 8.74. The smallest absolute Gasteiger partial charge is 0.192 e. The van der Waals surface area contributed by atoms with E-state index in [0.717, 1.165) is 12.8 Å². The Hall–Kier alpha value is -0.515. The van der Waals surface area contributed by atoms with Crippen LogP contribution in [-0.2, 0) is 0 Å². The number of rotatable bonds is 1. The number of halogens is 2. The van der Waals surface area contributed by atoms with Gasteiger partial charge in [0.2, 0.25) is 0 Å². The lowest BCUT2D eigenvalue weighted by Gasteiger charge is -2.35. The highest BCUT2D eigenvalue weighted by Crippen LogP contribution is 2.44. The molecule has 0 aromatic rings. The van der Waals surface area contributed by atoms with E-state index in [9.17, 15) is 8.78 Å². The highest BCUT2D eigenvalue weighted by Gasteiger charge is 2.44. The van der Waals surface area contributed by atoms with E-state index < -0.39 is 17.2 Å². The van der Waals surface area contributed by atoms with E-state index in [1.54, 1.807) is 13.8 Å². The lowest BCUT2D eigenvalue weighted by Crippen LogP contribution is -2.35. The van der Waals surface area contributed by atoms with E-state index >= 15 is 0 Å². The molecule has 0 aliphatic heterocycles. The van der Waals surface area contributed by atoms with Crippen molar-refractivity contribution in [1.82, 2.24) is 0 Å². The first-order valence-electron chi connectivity index (χ1n) is 5.01. The van der Waals surface area contributed by atoms with Crippen molar-refractivity contribution in [1.29, 1.82) is 0 Å². The number of hydrogen-bond donors (Lipinski definition) is 0. The van der Waals surface area contributed by atoms with Crippen molar-refractivity contribution in [3.63, 3.8) is 0 Å². The lowest BCUT2D eigenvalue weighted by molar-refractivity contribution is -0.0205. The third-order valence-electron chi connectivity index (χ3n) is 2.64. The molecule has 0 heterocycles. The van der Waals surface area contributed by atoms with Crippen LogP contribution in [0.2, 0.25) is 5.31 Å². The largest absolute Gasteiger partial charge is 0.310 e. The first-order valence-corrected chi connectivity index (χ1v) is 5.01. The van der Waals surface area contributed by atoms with Gasteiger partial charge in [0.05, 0.1) is 7.85 Å². The molecule has 2 radical (unpaired) electrons. The molecular weight excluding hydrogens is 181 g/mol. The molecule has 1 atom stereocenters. The van der Waals surface area contributed by atoms with Crippen LogP contribution in [0.4, 0.5) is 8.78 Å². The molecule has 1 unspecified atom stereocenters. The fraction of sp³-hybridized carbons (Fsp3) is 0.818. The van der Waals surface area contributed by atoms with Crippen LogP contribution in [0, 0.1) is 17.8 Å². The molecule has 0 saturated heterocycles. The molecule has 0 saturated carbocycles. The third kappa shape index (κ3) is 2.74. The summed E-state index contributed by atoms with van der Waals surface area (Å²) >= 11 is 0. The summed E-state index contributed by atoms with van der Waals surface area (Å²) in [6, 6.07) is 0. The lowest BCUT2D eigenvalue weighted by atomic mass is 9.60. The maximum atomic E-state index is 13.6. The van der Waals surface area contributed by atoms with Gasteiger partial charge >= 0.3 is 5.92 Å². The van der Waals surface area contributed by atoms with Gasteiger partial charge in [-0.1, -0.05) is 31.5 Å². The average molecular weight is 196 g/mol. The van der Waals surface area contributed by atoms with Gasteiger partial charge in [-0.25, -0.2) is 0 Å². The molecule has 0 aromatic carbocycles. The summed E-state index contributed by atoms with van der Waals surface area (Å²) in [5, 5.41) is -0.866. The zero-order valence-electron chi connectivity index (χ0n) is 8.74. The van der Waals surface area contributed by atoms with Gasteiger partial charge in [-0.3, -0.25) is 0 Å². The quantitative estimate of drug-likeness (QED) is 0.446.